The van der Waals surface area contributed by atoms with Crippen LogP contribution in [0.4, 0.5) is 0 Å². The van der Waals surface area contributed by atoms with Crippen LogP contribution in [0.2, 0.25) is 5.02 Å². The van der Waals surface area contributed by atoms with Crippen molar-refractivity contribution >= 4 is 11.6 Å². The molecule has 3 aromatic rings. The first-order valence-electron chi connectivity index (χ1n) is 6.95. The molecule has 110 valence electrons. The minimum absolute atomic E-state index is 0.681. The molecule has 0 amide bonds. The van der Waals surface area contributed by atoms with Crippen LogP contribution >= 0.6 is 11.6 Å². The predicted octanol–water partition coefficient (Wildman–Crippen LogP) is 4.40. The Bertz CT molecular complexity index is 775. The van der Waals surface area contributed by atoms with Gasteiger partial charge in [-0.1, -0.05) is 23.7 Å². The monoisotopic (exact) mass is 310 g/mol. The maximum Gasteiger partial charge on any atom is 0.145 e. The van der Waals surface area contributed by atoms with Gasteiger partial charge in [0.15, 0.2) is 0 Å². The summed E-state index contributed by atoms with van der Waals surface area (Å²) in [4.78, 5) is 8.78. The van der Waals surface area contributed by atoms with Crippen molar-refractivity contribution in [1.29, 1.82) is 0 Å². The lowest BCUT2D eigenvalue weighted by atomic mass is 10.1. The fourth-order valence-electron chi connectivity index (χ4n) is 2.30. The van der Waals surface area contributed by atoms with Crippen LogP contribution in [-0.2, 0) is 6.42 Å². The minimum Gasteiger partial charge on any atom is -0.494 e. The minimum atomic E-state index is 0.681. The largest absolute Gasteiger partial charge is 0.494 e. The first-order chi connectivity index (χ1) is 10.8. The van der Waals surface area contributed by atoms with E-state index in [4.69, 9.17) is 21.3 Å². The molecule has 0 unspecified atom stereocenters. The summed E-state index contributed by atoms with van der Waals surface area (Å²) >= 11 is 6.08. The van der Waals surface area contributed by atoms with E-state index in [-0.39, 0.29) is 0 Å². The summed E-state index contributed by atoms with van der Waals surface area (Å²) < 4.78 is 5.43. The van der Waals surface area contributed by atoms with Crippen LogP contribution in [0, 0.1) is 0 Å². The lowest BCUT2D eigenvalue weighted by Crippen LogP contribution is -1.97. The molecule has 0 aliphatic rings. The van der Waals surface area contributed by atoms with Crippen LogP contribution in [-0.4, -0.2) is 17.1 Å². The zero-order valence-corrected chi connectivity index (χ0v) is 12.9. The van der Waals surface area contributed by atoms with E-state index in [9.17, 15) is 0 Å². The van der Waals surface area contributed by atoms with Crippen LogP contribution in [0.5, 0.6) is 5.75 Å². The van der Waals surface area contributed by atoms with E-state index in [1.165, 1.54) is 5.56 Å². The zero-order chi connectivity index (χ0) is 15.4. The lowest BCUT2D eigenvalue weighted by molar-refractivity contribution is 0.414. The molecule has 0 atom stereocenters. The second kappa shape index (κ2) is 6.58. The molecule has 0 fully saturated rings. The van der Waals surface area contributed by atoms with Gasteiger partial charge in [-0.2, -0.15) is 0 Å². The molecular formula is C18H15ClN2O. The van der Waals surface area contributed by atoms with Crippen molar-refractivity contribution in [3.63, 3.8) is 0 Å². The molecule has 1 aromatic carbocycles. The molecule has 0 saturated carbocycles. The Morgan fingerprint density at radius 2 is 1.86 bits per heavy atom. The predicted molar refractivity (Wildman–Crippen MR) is 88.3 cm³/mol. The molecule has 0 saturated heterocycles. The number of aromatic nitrogens is 2. The van der Waals surface area contributed by atoms with Gasteiger partial charge in [-0.3, -0.25) is 4.98 Å². The normalized spacial score (nSPS) is 10.5. The van der Waals surface area contributed by atoms with E-state index >= 15 is 0 Å². The van der Waals surface area contributed by atoms with Gasteiger partial charge in [-0.05, 0) is 42.0 Å². The summed E-state index contributed by atoms with van der Waals surface area (Å²) in [5, 5.41) is 0.681. The van der Waals surface area contributed by atoms with Crippen molar-refractivity contribution in [1.82, 2.24) is 9.97 Å². The average molecular weight is 311 g/mol. The first-order valence-corrected chi connectivity index (χ1v) is 7.33. The molecule has 0 spiro atoms. The van der Waals surface area contributed by atoms with E-state index in [0.29, 0.717) is 5.02 Å². The third kappa shape index (κ3) is 3.26. The summed E-state index contributed by atoms with van der Waals surface area (Å²) in [5.41, 5.74) is 3.89. The molecule has 0 radical (unpaired) electrons. The molecule has 22 heavy (non-hydrogen) atoms. The smallest absolute Gasteiger partial charge is 0.145 e. The van der Waals surface area contributed by atoms with E-state index in [2.05, 4.69) is 4.98 Å². The molecule has 4 heteroatoms. The molecule has 2 aromatic heterocycles. The van der Waals surface area contributed by atoms with Crippen molar-refractivity contribution in [3.05, 3.63) is 77.2 Å². The zero-order valence-electron chi connectivity index (χ0n) is 12.2. The standard InChI is InChI=1S/C18H15ClN2O/c1-22-17-6-5-16(11-13-7-9-20-10-8-13)21-18(17)14-3-2-4-15(19)12-14/h2-10,12H,11H2,1H3. The number of halogens is 1. The quantitative estimate of drug-likeness (QED) is 0.716. The highest BCUT2D eigenvalue weighted by Gasteiger charge is 2.10. The fourth-order valence-corrected chi connectivity index (χ4v) is 2.49. The molecular weight excluding hydrogens is 296 g/mol. The summed E-state index contributed by atoms with van der Waals surface area (Å²) in [6.07, 6.45) is 4.33. The number of hydrogen-bond acceptors (Lipinski definition) is 3. The molecule has 2 heterocycles. The number of hydrogen-bond donors (Lipinski definition) is 0. The highest BCUT2D eigenvalue weighted by atomic mass is 35.5. The third-order valence-electron chi connectivity index (χ3n) is 3.37. The number of benzene rings is 1. The Balaban J connectivity index is 1.99. The topological polar surface area (TPSA) is 35.0 Å². The highest BCUT2D eigenvalue weighted by molar-refractivity contribution is 6.30. The second-order valence-corrected chi connectivity index (χ2v) is 5.33. The molecule has 0 N–H and O–H groups in total. The summed E-state index contributed by atoms with van der Waals surface area (Å²) in [7, 11) is 1.65. The Labute approximate surface area is 134 Å². The molecule has 0 aliphatic carbocycles. The van der Waals surface area contributed by atoms with E-state index in [0.717, 1.165) is 29.1 Å². The maximum absolute atomic E-state index is 6.08. The molecule has 0 aliphatic heterocycles. The second-order valence-electron chi connectivity index (χ2n) is 4.90. The van der Waals surface area contributed by atoms with E-state index in [1.807, 2.05) is 48.5 Å². The van der Waals surface area contributed by atoms with Crippen molar-refractivity contribution < 1.29 is 4.74 Å². The summed E-state index contributed by atoms with van der Waals surface area (Å²) in [6.45, 7) is 0. The van der Waals surface area contributed by atoms with Crippen molar-refractivity contribution in [2.75, 3.05) is 7.11 Å². The molecule has 3 rings (SSSR count). The third-order valence-corrected chi connectivity index (χ3v) is 3.60. The number of rotatable bonds is 4. The number of ether oxygens (including phenoxy) is 1. The van der Waals surface area contributed by atoms with Gasteiger partial charge < -0.3 is 4.74 Å². The van der Waals surface area contributed by atoms with Crippen molar-refractivity contribution in [2.45, 2.75) is 6.42 Å². The maximum atomic E-state index is 6.08. The van der Waals surface area contributed by atoms with Crippen LogP contribution in [0.25, 0.3) is 11.3 Å². The van der Waals surface area contributed by atoms with Crippen molar-refractivity contribution in [2.24, 2.45) is 0 Å². The SMILES string of the molecule is COc1ccc(Cc2ccncc2)nc1-c1cccc(Cl)c1. The Kier molecular flexibility index (Phi) is 4.35. The van der Waals surface area contributed by atoms with Crippen LogP contribution < -0.4 is 4.74 Å². The van der Waals surface area contributed by atoms with Gasteiger partial charge >= 0.3 is 0 Å². The van der Waals surface area contributed by atoms with Gasteiger partial charge in [0.05, 0.1) is 7.11 Å². The number of pyridine rings is 2. The average Bonchev–Trinajstić information content (AvgIpc) is 2.56. The Hall–Kier alpha value is -2.39. The van der Waals surface area contributed by atoms with Gasteiger partial charge in [-0.15, -0.1) is 0 Å². The summed E-state index contributed by atoms with van der Waals surface area (Å²) in [5.74, 6) is 0.737. The van der Waals surface area contributed by atoms with Gasteiger partial charge in [0.25, 0.3) is 0 Å². The van der Waals surface area contributed by atoms with Crippen molar-refractivity contribution in [3.8, 4) is 17.0 Å². The summed E-state index contributed by atoms with van der Waals surface area (Å²) in [6, 6.07) is 15.5. The van der Waals surface area contributed by atoms with Gasteiger partial charge in [0.2, 0.25) is 0 Å². The van der Waals surface area contributed by atoms with Gasteiger partial charge in [0, 0.05) is 35.1 Å². The fraction of sp³-hybridized carbons (Fsp3) is 0.111. The van der Waals surface area contributed by atoms with E-state index in [1.54, 1.807) is 19.5 Å². The highest BCUT2D eigenvalue weighted by Crippen LogP contribution is 2.30. The molecule has 0 bridgehead atoms. The van der Waals surface area contributed by atoms with Crippen LogP contribution in [0.15, 0.2) is 60.9 Å². The number of methoxy groups -OCH3 is 1. The van der Waals surface area contributed by atoms with Crippen LogP contribution in [0.1, 0.15) is 11.3 Å². The lowest BCUT2D eigenvalue weighted by Gasteiger charge is -2.10. The number of nitrogens with zero attached hydrogens (tertiary/aromatic N) is 2. The van der Waals surface area contributed by atoms with Gasteiger partial charge in [-0.25, -0.2) is 4.98 Å². The Morgan fingerprint density at radius 1 is 1.05 bits per heavy atom. The molecule has 3 nitrogen and oxygen atoms in total. The van der Waals surface area contributed by atoms with Gasteiger partial charge in [0.1, 0.15) is 11.4 Å². The Morgan fingerprint density at radius 3 is 2.59 bits per heavy atom. The van der Waals surface area contributed by atoms with Crippen LogP contribution in [0.3, 0.4) is 0 Å². The first kappa shape index (κ1) is 14.5. The van der Waals surface area contributed by atoms with E-state index < -0.39 is 0 Å².